The van der Waals surface area contributed by atoms with Crippen LogP contribution in [0.25, 0.3) is 0 Å². The number of carbonyl (C=O) groups is 4. The lowest BCUT2D eigenvalue weighted by Crippen LogP contribution is -2.30. The van der Waals surface area contributed by atoms with Gasteiger partial charge in [0.25, 0.3) is 0 Å². The third-order valence-electron chi connectivity index (χ3n) is 17.2. The first-order chi connectivity index (χ1) is 44.1. The number of unbranched alkanes of at least 4 members (excludes halogenated alkanes) is 35. The monoisotopic (exact) mass is 1350 g/mol. The molecule has 0 bridgehead atoms. The van der Waals surface area contributed by atoms with E-state index in [1.54, 1.807) is 0 Å². The van der Waals surface area contributed by atoms with Crippen LogP contribution >= 0.6 is 15.6 Å². The van der Waals surface area contributed by atoms with Crippen LogP contribution in [0.1, 0.15) is 364 Å². The van der Waals surface area contributed by atoms with E-state index < -0.39 is 97.5 Å². The number of aliphatic hydroxyl groups excluding tert-OH is 1. The van der Waals surface area contributed by atoms with E-state index in [0.29, 0.717) is 25.7 Å². The van der Waals surface area contributed by atoms with Gasteiger partial charge in [0.1, 0.15) is 19.3 Å². The van der Waals surface area contributed by atoms with Gasteiger partial charge in [0.2, 0.25) is 0 Å². The summed E-state index contributed by atoms with van der Waals surface area (Å²) in [4.78, 5) is 72.7. The van der Waals surface area contributed by atoms with Gasteiger partial charge in [0, 0.05) is 25.7 Å². The van der Waals surface area contributed by atoms with Gasteiger partial charge in [-0.1, -0.05) is 312 Å². The molecule has 0 aromatic rings. The summed E-state index contributed by atoms with van der Waals surface area (Å²) in [6, 6.07) is 0. The molecular weight excluding hydrogens is 1210 g/mol. The quantitative estimate of drug-likeness (QED) is 0.0222. The second-order valence-electron chi connectivity index (χ2n) is 28.0. The molecule has 0 fully saturated rings. The predicted octanol–water partition coefficient (Wildman–Crippen LogP) is 20.9. The van der Waals surface area contributed by atoms with Crippen molar-refractivity contribution in [2.45, 2.75) is 382 Å². The summed E-state index contributed by atoms with van der Waals surface area (Å²) in [5.74, 6) is 0.905. The van der Waals surface area contributed by atoms with Gasteiger partial charge in [-0.25, -0.2) is 9.13 Å². The van der Waals surface area contributed by atoms with Gasteiger partial charge >= 0.3 is 39.5 Å². The lowest BCUT2D eigenvalue weighted by molar-refractivity contribution is -0.161. The molecule has 17 nitrogen and oxygen atoms in total. The average Bonchev–Trinajstić information content (AvgIpc) is 2.94. The summed E-state index contributed by atoms with van der Waals surface area (Å²) >= 11 is 0. The maximum atomic E-state index is 13.0. The van der Waals surface area contributed by atoms with Crippen molar-refractivity contribution in [2.24, 2.45) is 23.7 Å². The van der Waals surface area contributed by atoms with Crippen molar-refractivity contribution in [2.75, 3.05) is 39.6 Å². The fourth-order valence-corrected chi connectivity index (χ4v) is 12.6. The van der Waals surface area contributed by atoms with Crippen LogP contribution in [0.2, 0.25) is 0 Å². The fraction of sp³-hybridized carbons (Fsp3) is 0.945. The number of aliphatic hydroxyl groups is 1. The third kappa shape index (κ3) is 65.4. The molecule has 19 heteroatoms. The van der Waals surface area contributed by atoms with E-state index in [1.165, 1.54) is 161 Å². The minimum atomic E-state index is -4.95. The van der Waals surface area contributed by atoms with Crippen LogP contribution in [0.15, 0.2) is 0 Å². The largest absolute Gasteiger partial charge is 0.472 e. The van der Waals surface area contributed by atoms with Crippen LogP contribution < -0.4 is 0 Å². The molecule has 3 unspecified atom stereocenters. The molecule has 0 aliphatic carbocycles. The molecular formula is C73H142O17P2. The fourth-order valence-electron chi connectivity index (χ4n) is 11.0. The lowest BCUT2D eigenvalue weighted by atomic mass is 10.00. The first kappa shape index (κ1) is 90.1. The first-order valence-corrected chi connectivity index (χ1v) is 40.7. The smallest absolute Gasteiger partial charge is 0.462 e. The molecule has 92 heavy (non-hydrogen) atoms. The molecule has 0 aliphatic rings. The Morgan fingerprint density at radius 1 is 0.304 bits per heavy atom. The maximum Gasteiger partial charge on any atom is 0.472 e. The molecule has 3 N–H and O–H groups in total. The van der Waals surface area contributed by atoms with E-state index in [1.807, 2.05) is 0 Å². The van der Waals surface area contributed by atoms with Crippen molar-refractivity contribution in [1.82, 2.24) is 0 Å². The summed E-state index contributed by atoms with van der Waals surface area (Å²) in [5, 5.41) is 10.6. The Hall–Kier alpha value is -1.94. The highest BCUT2D eigenvalue weighted by Crippen LogP contribution is 2.45. The van der Waals surface area contributed by atoms with Crippen molar-refractivity contribution < 1.29 is 80.2 Å². The highest BCUT2D eigenvalue weighted by atomic mass is 31.2. The lowest BCUT2D eigenvalue weighted by Gasteiger charge is -2.21. The number of rotatable bonds is 70. The third-order valence-corrected chi connectivity index (χ3v) is 19.1. The van der Waals surface area contributed by atoms with E-state index in [9.17, 15) is 43.2 Å². The molecule has 0 radical (unpaired) electrons. The van der Waals surface area contributed by atoms with Gasteiger partial charge in [-0.05, 0) is 49.4 Å². The summed E-state index contributed by atoms with van der Waals surface area (Å²) in [7, 11) is -9.91. The van der Waals surface area contributed by atoms with Crippen LogP contribution in [-0.2, 0) is 65.4 Å². The van der Waals surface area contributed by atoms with Crippen molar-refractivity contribution in [3.05, 3.63) is 0 Å². The van der Waals surface area contributed by atoms with Crippen LogP contribution in [0.5, 0.6) is 0 Å². The van der Waals surface area contributed by atoms with Gasteiger partial charge < -0.3 is 33.8 Å². The van der Waals surface area contributed by atoms with Gasteiger partial charge in [-0.3, -0.25) is 37.3 Å². The molecule has 0 spiro atoms. The van der Waals surface area contributed by atoms with Gasteiger partial charge in [-0.2, -0.15) is 0 Å². The van der Waals surface area contributed by atoms with E-state index in [4.69, 9.17) is 37.0 Å². The Labute approximate surface area is 562 Å². The highest BCUT2D eigenvalue weighted by molar-refractivity contribution is 7.47. The summed E-state index contributed by atoms with van der Waals surface area (Å²) in [5.41, 5.74) is 0. The number of hydrogen-bond acceptors (Lipinski definition) is 15. The molecule has 0 saturated carbocycles. The number of phosphoric acid groups is 2. The summed E-state index contributed by atoms with van der Waals surface area (Å²) < 4.78 is 68.4. The Morgan fingerprint density at radius 2 is 0.522 bits per heavy atom. The predicted molar refractivity (Wildman–Crippen MR) is 372 cm³/mol. The van der Waals surface area contributed by atoms with Gasteiger partial charge in [-0.15, -0.1) is 0 Å². The summed E-state index contributed by atoms with van der Waals surface area (Å²) in [6.45, 7) is 14.1. The molecule has 6 atom stereocenters. The Morgan fingerprint density at radius 3 is 0.772 bits per heavy atom. The van der Waals surface area contributed by atoms with Crippen molar-refractivity contribution in [1.29, 1.82) is 0 Å². The standard InChI is InChI=1S/C73H142O17P2/c1-9-66(8)52-44-36-31-32-38-46-54-71(76)84-60-69(90-72(77)55-47-39-29-23-15-11-10-13-19-25-33-41-49-63(2)3)62-88-92(81,82)86-58-67(74)57-85-91(79,80)87-61-68(89-73(78)56-48-40-30-24-18-17-21-27-35-43-51-65(6)7)59-83-70(75)53-45-37-28-22-16-12-14-20-26-34-42-50-64(4)5/h63-69,74H,9-62H2,1-8H3,(H,79,80)(H,81,82)/t66?,67-,68-,69-/m1/s1. The molecule has 0 rings (SSSR count). The van der Waals surface area contributed by atoms with Crippen LogP contribution in [-0.4, -0.2) is 96.7 Å². The molecule has 0 aromatic heterocycles. The topological polar surface area (TPSA) is 237 Å². The zero-order valence-corrected chi connectivity index (χ0v) is 62.0. The molecule has 0 heterocycles. The van der Waals surface area contributed by atoms with E-state index in [0.717, 1.165) is 120 Å². The molecule has 0 aliphatic heterocycles. The Balaban J connectivity index is 5.26. The second kappa shape index (κ2) is 62.6. The van der Waals surface area contributed by atoms with Gasteiger partial charge in [0.15, 0.2) is 12.2 Å². The van der Waals surface area contributed by atoms with E-state index in [-0.39, 0.29) is 25.7 Å². The van der Waals surface area contributed by atoms with Crippen LogP contribution in [0.3, 0.4) is 0 Å². The van der Waals surface area contributed by atoms with Crippen molar-refractivity contribution >= 4 is 39.5 Å². The van der Waals surface area contributed by atoms with Crippen molar-refractivity contribution in [3.8, 4) is 0 Å². The van der Waals surface area contributed by atoms with E-state index in [2.05, 4.69) is 55.4 Å². The Kier molecular flexibility index (Phi) is 61.3. The zero-order valence-electron chi connectivity index (χ0n) is 60.2. The van der Waals surface area contributed by atoms with Crippen molar-refractivity contribution in [3.63, 3.8) is 0 Å². The average molecular weight is 1350 g/mol. The number of ether oxygens (including phenoxy) is 4. The minimum absolute atomic E-state index is 0.105. The summed E-state index contributed by atoms with van der Waals surface area (Å²) in [6.07, 6.45) is 45.8. The molecule has 0 saturated heterocycles. The Bertz CT molecular complexity index is 1820. The minimum Gasteiger partial charge on any atom is -0.462 e. The number of carbonyl (C=O) groups excluding carboxylic acids is 4. The number of hydrogen-bond donors (Lipinski definition) is 3. The molecule has 0 aromatic carbocycles. The van der Waals surface area contributed by atoms with Crippen LogP contribution in [0, 0.1) is 23.7 Å². The second-order valence-corrected chi connectivity index (χ2v) is 30.9. The van der Waals surface area contributed by atoms with Gasteiger partial charge in [0.05, 0.1) is 26.4 Å². The SMILES string of the molecule is CCC(C)CCCCCCCCC(=O)OC[C@H](COP(=O)(O)OC[C@H](O)COP(=O)(O)OC[C@@H](COC(=O)CCCCCCCCCCCCCC(C)C)OC(=O)CCCCCCCCCCCCC(C)C)OC(=O)CCCCCCCCCCCCCCC(C)C. The van der Waals surface area contributed by atoms with E-state index >= 15 is 0 Å². The normalized spacial score (nSPS) is 14.5. The first-order valence-electron chi connectivity index (χ1n) is 37.7. The maximum absolute atomic E-state index is 13.0. The number of phosphoric ester groups is 2. The highest BCUT2D eigenvalue weighted by Gasteiger charge is 2.30. The number of esters is 4. The zero-order chi connectivity index (χ0) is 68.2. The molecule has 0 amide bonds. The van der Waals surface area contributed by atoms with Crippen LogP contribution in [0.4, 0.5) is 0 Å². The molecule has 546 valence electrons.